The van der Waals surface area contributed by atoms with E-state index in [1.165, 1.54) is 12.1 Å². The fourth-order valence-corrected chi connectivity index (χ4v) is 2.51. The highest BCUT2D eigenvalue weighted by atomic mass is 19.1. The molecule has 0 radical (unpaired) electrons. The van der Waals surface area contributed by atoms with Gasteiger partial charge in [0.25, 0.3) is 0 Å². The van der Waals surface area contributed by atoms with E-state index in [1.807, 2.05) is 0 Å². The van der Waals surface area contributed by atoms with Crippen LogP contribution in [-0.4, -0.2) is 33.1 Å². The molecule has 2 atom stereocenters. The third-order valence-corrected chi connectivity index (χ3v) is 3.77. The molecule has 0 saturated carbocycles. The van der Waals surface area contributed by atoms with Crippen LogP contribution in [0.3, 0.4) is 0 Å². The Bertz CT molecular complexity index is 926. The lowest BCUT2D eigenvalue weighted by molar-refractivity contribution is -0.118. The van der Waals surface area contributed by atoms with E-state index >= 15 is 0 Å². The topological polar surface area (TPSA) is 113 Å². The zero-order chi connectivity index (χ0) is 18.7. The van der Waals surface area contributed by atoms with Crippen molar-refractivity contribution in [3.63, 3.8) is 0 Å². The van der Waals surface area contributed by atoms with E-state index in [9.17, 15) is 14.3 Å². The monoisotopic (exact) mass is 358 g/mol. The molecule has 0 aliphatic heterocycles. The molecule has 0 aliphatic rings. The second-order valence-electron chi connectivity index (χ2n) is 5.98. The van der Waals surface area contributed by atoms with Crippen LogP contribution >= 0.6 is 0 Å². The van der Waals surface area contributed by atoms with Gasteiger partial charge in [0, 0.05) is 24.1 Å². The van der Waals surface area contributed by atoms with Gasteiger partial charge in [-0.2, -0.15) is 0 Å². The first-order valence-electron chi connectivity index (χ1n) is 8.08. The summed E-state index contributed by atoms with van der Waals surface area (Å²) in [5.74, 6) is -0.648. The minimum atomic E-state index is -0.882. The Labute approximate surface area is 149 Å². The highest BCUT2D eigenvalue weighted by molar-refractivity contribution is 5.94. The van der Waals surface area contributed by atoms with Gasteiger partial charge in [0.1, 0.15) is 11.4 Å². The van der Waals surface area contributed by atoms with Crippen LogP contribution in [0.5, 0.6) is 11.5 Å². The smallest absolute Gasteiger partial charge is 0.241 e. The standard InChI is InChI=1S/C18H19FN4O3/c1-10(24)8-14(20)18(25)23-11-2-3-16(13(19)9-11)26-15-5-7-22-17-12(15)4-6-21-17/h2-7,9-10,14,24H,8,20H2,1H3,(H,21,22)(H,23,25). The number of hydrogen-bond donors (Lipinski definition) is 4. The van der Waals surface area contributed by atoms with Crippen molar-refractivity contribution in [3.8, 4) is 11.5 Å². The Hall–Kier alpha value is -2.97. The number of fused-ring (bicyclic) bond motifs is 1. The average Bonchev–Trinajstić information content (AvgIpc) is 3.06. The van der Waals surface area contributed by atoms with Gasteiger partial charge in [0.15, 0.2) is 11.6 Å². The molecule has 0 saturated heterocycles. The van der Waals surface area contributed by atoms with E-state index in [1.54, 1.807) is 31.5 Å². The van der Waals surface area contributed by atoms with Crippen molar-refractivity contribution in [2.24, 2.45) is 5.73 Å². The van der Waals surface area contributed by atoms with Crippen LogP contribution in [0.25, 0.3) is 11.0 Å². The summed E-state index contributed by atoms with van der Waals surface area (Å²) in [6, 6.07) is 6.63. The summed E-state index contributed by atoms with van der Waals surface area (Å²) in [5.41, 5.74) is 6.57. The molecule has 2 aromatic heterocycles. The molecule has 2 heterocycles. The van der Waals surface area contributed by atoms with Gasteiger partial charge in [-0.3, -0.25) is 4.79 Å². The van der Waals surface area contributed by atoms with E-state index in [-0.39, 0.29) is 17.9 Å². The number of carbonyl (C=O) groups excluding carboxylic acids is 1. The van der Waals surface area contributed by atoms with Crippen molar-refractivity contribution >= 4 is 22.6 Å². The van der Waals surface area contributed by atoms with Crippen LogP contribution < -0.4 is 15.8 Å². The first-order valence-corrected chi connectivity index (χ1v) is 8.08. The van der Waals surface area contributed by atoms with Crippen LogP contribution in [0.15, 0.2) is 42.7 Å². The number of pyridine rings is 1. The summed E-state index contributed by atoms with van der Waals surface area (Å²) in [6.45, 7) is 1.54. The van der Waals surface area contributed by atoms with Crippen LogP contribution in [-0.2, 0) is 4.79 Å². The maximum Gasteiger partial charge on any atom is 0.241 e. The largest absolute Gasteiger partial charge is 0.453 e. The van der Waals surface area contributed by atoms with E-state index in [4.69, 9.17) is 10.5 Å². The Balaban J connectivity index is 1.73. The first kappa shape index (κ1) is 17.8. The fourth-order valence-electron chi connectivity index (χ4n) is 2.51. The maximum absolute atomic E-state index is 14.4. The summed E-state index contributed by atoms with van der Waals surface area (Å²) < 4.78 is 20.0. The molecule has 0 aliphatic carbocycles. The zero-order valence-electron chi connectivity index (χ0n) is 14.1. The van der Waals surface area contributed by atoms with Gasteiger partial charge in [-0.25, -0.2) is 9.37 Å². The number of aliphatic hydroxyl groups is 1. The summed E-state index contributed by atoms with van der Waals surface area (Å²) in [6.07, 6.45) is 2.69. The van der Waals surface area contributed by atoms with E-state index < -0.39 is 23.9 Å². The zero-order valence-corrected chi connectivity index (χ0v) is 14.1. The third-order valence-electron chi connectivity index (χ3n) is 3.77. The number of ether oxygens (including phenoxy) is 1. The number of anilines is 1. The predicted molar refractivity (Wildman–Crippen MR) is 95.5 cm³/mol. The normalized spacial score (nSPS) is 13.4. The minimum absolute atomic E-state index is 0.0185. The summed E-state index contributed by atoms with van der Waals surface area (Å²) in [7, 11) is 0. The molecule has 3 rings (SSSR count). The number of nitrogens with zero attached hydrogens (tertiary/aromatic N) is 1. The lowest BCUT2D eigenvalue weighted by Crippen LogP contribution is -2.37. The van der Waals surface area contributed by atoms with Gasteiger partial charge in [-0.15, -0.1) is 0 Å². The van der Waals surface area contributed by atoms with Crippen molar-refractivity contribution in [3.05, 3.63) is 48.5 Å². The summed E-state index contributed by atoms with van der Waals surface area (Å²) in [4.78, 5) is 19.0. The van der Waals surface area contributed by atoms with E-state index in [0.717, 1.165) is 11.5 Å². The molecule has 26 heavy (non-hydrogen) atoms. The van der Waals surface area contributed by atoms with Crippen LogP contribution in [0.2, 0.25) is 0 Å². The van der Waals surface area contributed by atoms with Gasteiger partial charge in [0.2, 0.25) is 5.91 Å². The number of halogens is 1. The minimum Gasteiger partial charge on any atom is -0.453 e. The number of benzene rings is 1. The molecule has 136 valence electrons. The van der Waals surface area contributed by atoms with Crippen LogP contribution in [0.1, 0.15) is 13.3 Å². The lowest BCUT2D eigenvalue weighted by atomic mass is 10.1. The van der Waals surface area contributed by atoms with Gasteiger partial charge < -0.3 is 25.9 Å². The van der Waals surface area contributed by atoms with E-state index in [2.05, 4.69) is 15.3 Å². The third kappa shape index (κ3) is 3.98. The number of amides is 1. The van der Waals surface area contributed by atoms with E-state index in [0.29, 0.717) is 11.4 Å². The van der Waals surface area contributed by atoms with Crippen molar-refractivity contribution in [1.29, 1.82) is 0 Å². The molecule has 2 unspecified atom stereocenters. The second kappa shape index (κ2) is 7.51. The highest BCUT2D eigenvalue weighted by Crippen LogP contribution is 2.31. The number of aromatic amines is 1. The number of aromatic nitrogens is 2. The Morgan fingerprint density at radius 3 is 2.92 bits per heavy atom. The summed E-state index contributed by atoms with van der Waals surface area (Å²) >= 11 is 0. The molecule has 8 heteroatoms. The number of H-pyrrole nitrogens is 1. The van der Waals surface area contributed by atoms with Gasteiger partial charge in [-0.1, -0.05) is 0 Å². The fraction of sp³-hybridized carbons (Fsp3) is 0.222. The first-order chi connectivity index (χ1) is 12.4. The maximum atomic E-state index is 14.4. The van der Waals surface area contributed by atoms with Crippen molar-refractivity contribution in [2.75, 3.05) is 5.32 Å². The molecule has 0 bridgehead atoms. The molecule has 0 fully saturated rings. The number of aliphatic hydroxyl groups excluding tert-OH is 1. The highest BCUT2D eigenvalue weighted by Gasteiger charge is 2.17. The van der Waals surface area contributed by atoms with Gasteiger partial charge in [-0.05, 0) is 37.6 Å². The number of hydrogen-bond acceptors (Lipinski definition) is 5. The van der Waals surface area contributed by atoms with Gasteiger partial charge >= 0.3 is 0 Å². The number of nitrogens with two attached hydrogens (primary N) is 1. The SMILES string of the molecule is CC(O)CC(N)C(=O)Nc1ccc(Oc2ccnc3[nH]ccc23)c(F)c1. The molecule has 0 spiro atoms. The number of carbonyl (C=O) groups is 1. The molecule has 1 amide bonds. The Morgan fingerprint density at radius 2 is 2.19 bits per heavy atom. The Kier molecular flexibility index (Phi) is 5.15. The van der Waals surface area contributed by atoms with Crippen molar-refractivity contribution in [2.45, 2.75) is 25.5 Å². The van der Waals surface area contributed by atoms with Crippen LogP contribution in [0.4, 0.5) is 10.1 Å². The molecular formula is C18H19FN4O3. The number of rotatable bonds is 6. The predicted octanol–water partition coefficient (Wildman–Crippen LogP) is 2.53. The quantitative estimate of drug-likeness (QED) is 0.541. The van der Waals surface area contributed by atoms with Gasteiger partial charge in [0.05, 0.1) is 17.5 Å². The van der Waals surface area contributed by atoms with Crippen molar-refractivity contribution < 1.29 is 19.0 Å². The average molecular weight is 358 g/mol. The molecular weight excluding hydrogens is 339 g/mol. The van der Waals surface area contributed by atoms with Crippen molar-refractivity contribution in [1.82, 2.24) is 9.97 Å². The molecule has 5 N–H and O–H groups in total. The molecule has 1 aromatic carbocycles. The molecule has 3 aromatic rings. The summed E-state index contributed by atoms with van der Waals surface area (Å²) in [5, 5.41) is 12.5. The molecule has 7 nitrogen and oxygen atoms in total. The Morgan fingerprint density at radius 1 is 1.38 bits per heavy atom. The lowest BCUT2D eigenvalue weighted by Gasteiger charge is -2.14. The second-order valence-corrected chi connectivity index (χ2v) is 5.98. The number of nitrogens with one attached hydrogen (secondary N) is 2. The van der Waals surface area contributed by atoms with Crippen LogP contribution in [0, 0.1) is 5.82 Å².